The second-order valence-corrected chi connectivity index (χ2v) is 7.81. The molecule has 1 atom stereocenters. The van der Waals surface area contributed by atoms with Crippen LogP contribution in [-0.4, -0.2) is 56.4 Å². The number of carbonyl (C=O) groups excluding carboxylic acids is 1. The average molecular weight is 456 g/mol. The number of nitrogens with zero attached hydrogens (tertiary/aromatic N) is 2. The number of aliphatic imine (C=N–C) groups is 1. The molecule has 2 aromatic carbocycles. The minimum absolute atomic E-state index is 0.242. The van der Waals surface area contributed by atoms with Gasteiger partial charge in [0.15, 0.2) is 11.3 Å². The van der Waals surface area contributed by atoms with Crippen molar-refractivity contribution in [3.8, 4) is 11.5 Å². The molecule has 2 aromatic rings. The molecule has 1 aliphatic heterocycles. The van der Waals surface area contributed by atoms with Gasteiger partial charge in [0.25, 0.3) is 5.91 Å². The van der Waals surface area contributed by atoms with Crippen molar-refractivity contribution in [3.63, 3.8) is 0 Å². The second kappa shape index (κ2) is 9.56. The first-order chi connectivity index (χ1) is 15.2. The molecule has 0 spiro atoms. The summed E-state index contributed by atoms with van der Waals surface area (Å²) in [5.74, 6) is -2.64. The molecule has 0 aliphatic carbocycles. The van der Waals surface area contributed by atoms with Crippen molar-refractivity contribution >= 4 is 46.5 Å². The van der Waals surface area contributed by atoms with E-state index < -0.39 is 23.8 Å². The van der Waals surface area contributed by atoms with E-state index in [1.54, 1.807) is 44.3 Å². The largest absolute Gasteiger partial charge is 0.507 e. The van der Waals surface area contributed by atoms with Crippen LogP contribution in [0.4, 0.5) is 5.69 Å². The summed E-state index contributed by atoms with van der Waals surface area (Å²) in [6.45, 7) is 1.71. The van der Waals surface area contributed by atoms with Gasteiger partial charge in [-0.15, -0.1) is 0 Å². The van der Waals surface area contributed by atoms with E-state index in [0.717, 1.165) is 11.8 Å². The van der Waals surface area contributed by atoms with Crippen molar-refractivity contribution < 1.29 is 34.4 Å². The maximum Gasteiger partial charge on any atom is 0.344 e. The van der Waals surface area contributed by atoms with Gasteiger partial charge >= 0.3 is 11.9 Å². The zero-order valence-corrected chi connectivity index (χ0v) is 18.0. The van der Waals surface area contributed by atoms with Crippen molar-refractivity contribution in [2.24, 2.45) is 4.99 Å². The van der Waals surface area contributed by atoms with Gasteiger partial charge in [-0.1, -0.05) is 19.1 Å². The third-order valence-corrected chi connectivity index (χ3v) is 5.58. The summed E-state index contributed by atoms with van der Waals surface area (Å²) in [7, 11) is 1.55. The summed E-state index contributed by atoms with van der Waals surface area (Å²) in [6, 6.07) is 10.6. The number of amidine groups is 1. The lowest BCUT2D eigenvalue weighted by atomic mass is 10.2. The Morgan fingerprint density at radius 3 is 2.59 bits per heavy atom. The number of carboxylic acids is 2. The quantitative estimate of drug-likeness (QED) is 0.538. The number of rotatable bonds is 7. The number of aromatic carboxylic acids is 1. The molecule has 1 saturated heterocycles. The summed E-state index contributed by atoms with van der Waals surface area (Å²) in [4.78, 5) is 40.9. The van der Waals surface area contributed by atoms with Crippen molar-refractivity contribution in [1.82, 2.24) is 4.90 Å². The highest BCUT2D eigenvalue weighted by molar-refractivity contribution is 8.18. The minimum atomic E-state index is -1.26. The molecule has 1 heterocycles. The van der Waals surface area contributed by atoms with Crippen LogP contribution >= 0.6 is 11.8 Å². The number of benzene rings is 2. The SMILES string of the molecule is CCC(Oc1cccc(/C=C2\SC(=Nc3ccc(C(=O)O)c(O)c3)N(C)C2=O)c1)C(=O)O. The zero-order chi connectivity index (χ0) is 23.4. The van der Waals surface area contributed by atoms with Crippen LogP contribution in [0.3, 0.4) is 0 Å². The molecule has 0 bridgehead atoms. The molecule has 9 nitrogen and oxygen atoms in total. The van der Waals surface area contributed by atoms with Crippen LogP contribution in [-0.2, 0) is 9.59 Å². The number of carbonyl (C=O) groups is 3. The topological polar surface area (TPSA) is 137 Å². The highest BCUT2D eigenvalue weighted by Crippen LogP contribution is 2.34. The molecule has 0 radical (unpaired) electrons. The molecule has 0 saturated carbocycles. The molecule has 32 heavy (non-hydrogen) atoms. The third-order valence-electron chi connectivity index (χ3n) is 4.52. The van der Waals surface area contributed by atoms with Crippen molar-refractivity contribution in [2.75, 3.05) is 7.05 Å². The Bertz CT molecular complexity index is 1140. The fourth-order valence-corrected chi connectivity index (χ4v) is 3.82. The van der Waals surface area contributed by atoms with E-state index in [2.05, 4.69) is 4.99 Å². The predicted octanol–water partition coefficient (Wildman–Crippen LogP) is 3.57. The first-order valence-electron chi connectivity index (χ1n) is 9.51. The van der Waals surface area contributed by atoms with Gasteiger partial charge in [0.1, 0.15) is 17.1 Å². The summed E-state index contributed by atoms with van der Waals surface area (Å²) >= 11 is 1.12. The number of thioether (sulfide) groups is 1. The van der Waals surface area contributed by atoms with Crippen LogP contribution in [0.1, 0.15) is 29.3 Å². The standard InChI is InChI=1S/C22H20N2O7S/c1-3-17(21(29)30)31-14-6-4-5-12(9-14)10-18-19(26)24(2)22(32-18)23-13-7-8-15(20(27)28)16(25)11-13/h4-11,17,25H,3H2,1-2H3,(H,27,28)(H,29,30)/b18-10-,23-22?. The van der Waals surface area contributed by atoms with E-state index in [0.29, 0.717) is 33.5 Å². The summed E-state index contributed by atoms with van der Waals surface area (Å²) in [5.41, 5.74) is 0.704. The van der Waals surface area contributed by atoms with E-state index >= 15 is 0 Å². The predicted molar refractivity (Wildman–Crippen MR) is 119 cm³/mol. The van der Waals surface area contributed by atoms with E-state index in [1.807, 2.05) is 0 Å². The first-order valence-corrected chi connectivity index (χ1v) is 10.3. The molecular formula is C22H20N2O7S. The molecule has 0 aromatic heterocycles. The Labute approximate surface area is 187 Å². The fraction of sp³-hybridized carbons (Fsp3) is 0.182. The van der Waals surface area contributed by atoms with E-state index in [-0.39, 0.29) is 11.5 Å². The number of aromatic hydroxyl groups is 1. The maximum absolute atomic E-state index is 12.6. The molecule has 166 valence electrons. The van der Waals surface area contributed by atoms with Gasteiger partial charge in [0, 0.05) is 13.1 Å². The molecule has 1 aliphatic rings. The van der Waals surface area contributed by atoms with Crippen LogP contribution in [0.5, 0.6) is 11.5 Å². The van der Waals surface area contributed by atoms with Crippen molar-refractivity contribution in [2.45, 2.75) is 19.4 Å². The maximum atomic E-state index is 12.6. The molecule has 1 fully saturated rings. The minimum Gasteiger partial charge on any atom is -0.507 e. The Morgan fingerprint density at radius 2 is 1.97 bits per heavy atom. The fourth-order valence-electron chi connectivity index (χ4n) is 2.83. The Morgan fingerprint density at radius 1 is 1.22 bits per heavy atom. The lowest BCUT2D eigenvalue weighted by Crippen LogP contribution is -2.25. The van der Waals surface area contributed by atoms with Crippen molar-refractivity contribution in [1.29, 1.82) is 0 Å². The third kappa shape index (κ3) is 5.09. The average Bonchev–Trinajstić information content (AvgIpc) is 2.99. The number of hydrogen-bond acceptors (Lipinski definition) is 7. The Balaban J connectivity index is 1.83. The van der Waals surface area contributed by atoms with Gasteiger partial charge in [-0.25, -0.2) is 14.6 Å². The Hall–Kier alpha value is -3.79. The van der Waals surface area contributed by atoms with E-state index in [4.69, 9.17) is 14.9 Å². The van der Waals surface area contributed by atoms with Gasteiger partial charge in [0.05, 0.1) is 10.6 Å². The molecule has 1 amide bonds. The van der Waals surface area contributed by atoms with Crippen LogP contribution in [0, 0.1) is 0 Å². The molecule has 10 heteroatoms. The number of likely N-dealkylation sites (N-methyl/N-ethyl adjacent to an activating group) is 1. The Kier molecular flexibility index (Phi) is 6.84. The van der Waals surface area contributed by atoms with Gasteiger partial charge in [-0.3, -0.25) is 9.69 Å². The van der Waals surface area contributed by atoms with Gasteiger partial charge in [-0.2, -0.15) is 0 Å². The lowest BCUT2D eigenvalue weighted by molar-refractivity contribution is -0.145. The number of aliphatic carboxylic acids is 1. The first kappa shape index (κ1) is 22.9. The number of carboxylic acid groups (broad SMARTS) is 2. The normalized spacial score (nSPS) is 17.1. The van der Waals surface area contributed by atoms with Crippen LogP contribution in [0.15, 0.2) is 52.4 Å². The number of hydrogen-bond donors (Lipinski definition) is 3. The van der Waals surface area contributed by atoms with Crippen molar-refractivity contribution in [3.05, 3.63) is 58.5 Å². The zero-order valence-electron chi connectivity index (χ0n) is 17.2. The van der Waals surface area contributed by atoms with E-state index in [9.17, 15) is 19.5 Å². The monoisotopic (exact) mass is 456 g/mol. The highest BCUT2D eigenvalue weighted by Gasteiger charge is 2.30. The summed E-state index contributed by atoms with van der Waals surface area (Å²) in [5, 5.41) is 28.4. The summed E-state index contributed by atoms with van der Waals surface area (Å²) < 4.78 is 5.50. The highest BCUT2D eigenvalue weighted by atomic mass is 32.2. The molecule has 1 unspecified atom stereocenters. The summed E-state index contributed by atoms with van der Waals surface area (Å²) in [6.07, 6.45) is 0.989. The van der Waals surface area contributed by atoms with Gasteiger partial charge < -0.3 is 20.1 Å². The van der Waals surface area contributed by atoms with E-state index in [1.165, 1.54) is 23.1 Å². The second-order valence-electron chi connectivity index (χ2n) is 6.80. The van der Waals surface area contributed by atoms with Crippen LogP contribution in [0.2, 0.25) is 0 Å². The van der Waals surface area contributed by atoms with Gasteiger partial charge in [-0.05, 0) is 54.1 Å². The van der Waals surface area contributed by atoms with Crippen LogP contribution < -0.4 is 4.74 Å². The number of phenols is 1. The van der Waals surface area contributed by atoms with Crippen LogP contribution in [0.25, 0.3) is 6.08 Å². The number of amides is 1. The molecular weight excluding hydrogens is 436 g/mol. The lowest BCUT2D eigenvalue weighted by Gasteiger charge is -2.13. The molecule has 3 N–H and O–H groups in total. The van der Waals surface area contributed by atoms with Gasteiger partial charge in [0.2, 0.25) is 0 Å². The number of ether oxygens (including phenoxy) is 1. The smallest absolute Gasteiger partial charge is 0.344 e. The molecule has 3 rings (SSSR count).